The summed E-state index contributed by atoms with van der Waals surface area (Å²) < 4.78 is 0. The molecule has 0 saturated heterocycles. The van der Waals surface area contributed by atoms with Gasteiger partial charge in [0.15, 0.2) is 0 Å². The van der Waals surface area contributed by atoms with E-state index in [4.69, 9.17) is 0 Å². The van der Waals surface area contributed by atoms with E-state index in [1.807, 2.05) is 25.1 Å². The van der Waals surface area contributed by atoms with Crippen LogP contribution in [-0.4, -0.2) is 11.2 Å². The minimum absolute atomic E-state index is 0.248. The van der Waals surface area contributed by atoms with Crippen molar-refractivity contribution in [3.05, 3.63) is 35.9 Å². The van der Waals surface area contributed by atoms with Crippen molar-refractivity contribution in [2.24, 2.45) is 0 Å². The number of aliphatic hydroxyl groups is 1. The number of hydrogen-bond acceptors (Lipinski definition) is 1. The monoisotopic (exact) mass is 178 g/mol. The highest BCUT2D eigenvalue weighted by atomic mass is 16.3. The second-order valence-corrected chi connectivity index (χ2v) is 3.55. The molecule has 0 bridgehead atoms. The summed E-state index contributed by atoms with van der Waals surface area (Å²) in [7, 11) is 0. The lowest BCUT2D eigenvalue weighted by atomic mass is 9.90. The number of hydrogen-bond donors (Lipinski definition) is 1. The summed E-state index contributed by atoms with van der Waals surface area (Å²) in [6, 6.07) is 10.2. The van der Waals surface area contributed by atoms with Crippen LogP contribution in [0.5, 0.6) is 0 Å². The molecule has 1 rings (SSSR count). The summed E-state index contributed by atoms with van der Waals surface area (Å²) in [5.41, 5.74) is 1.25. The van der Waals surface area contributed by atoms with Crippen molar-refractivity contribution in [1.29, 1.82) is 0 Å². The SMILES string of the molecule is CCCC(c1ccccc1)C(C)O. The van der Waals surface area contributed by atoms with Crippen molar-refractivity contribution in [2.75, 3.05) is 0 Å². The Labute approximate surface area is 80.4 Å². The molecule has 1 aromatic rings. The van der Waals surface area contributed by atoms with Crippen LogP contribution in [0.15, 0.2) is 30.3 Å². The van der Waals surface area contributed by atoms with Crippen LogP contribution in [0.25, 0.3) is 0 Å². The first-order valence-electron chi connectivity index (χ1n) is 4.98. The van der Waals surface area contributed by atoms with Crippen molar-refractivity contribution in [3.8, 4) is 0 Å². The van der Waals surface area contributed by atoms with E-state index in [0.717, 1.165) is 12.8 Å². The molecule has 0 fully saturated rings. The summed E-state index contributed by atoms with van der Waals surface area (Å²) >= 11 is 0. The fourth-order valence-corrected chi connectivity index (χ4v) is 1.70. The molecule has 2 atom stereocenters. The Kier molecular flexibility index (Phi) is 3.97. The quantitative estimate of drug-likeness (QED) is 0.751. The Hall–Kier alpha value is -0.820. The van der Waals surface area contributed by atoms with E-state index in [9.17, 15) is 5.11 Å². The number of benzene rings is 1. The van der Waals surface area contributed by atoms with Crippen molar-refractivity contribution in [1.82, 2.24) is 0 Å². The van der Waals surface area contributed by atoms with Crippen LogP contribution in [0.2, 0.25) is 0 Å². The molecule has 0 aliphatic heterocycles. The average Bonchev–Trinajstić information content (AvgIpc) is 2.15. The zero-order valence-corrected chi connectivity index (χ0v) is 8.40. The lowest BCUT2D eigenvalue weighted by Crippen LogP contribution is -2.14. The lowest BCUT2D eigenvalue weighted by molar-refractivity contribution is 0.157. The molecule has 0 aliphatic rings. The van der Waals surface area contributed by atoms with Gasteiger partial charge >= 0.3 is 0 Å². The normalized spacial score (nSPS) is 15.3. The van der Waals surface area contributed by atoms with E-state index in [1.54, 1.807) is 0 Å². The van der Waals surface area contributed by atoms with Crippen LogP contribution in [-0.2, 0) is 0 Å². The molecule has 1 aromatic carbocycles. The fourth-order valence-electron chi connectivity index (χ4n) is 1.70. The second-order valence-electron chi connectivity index (χ2n) is 3.55. The third-order valence-electron chi connectivity index (χ3n) is 2.41. The average molecular weight is 178 g/mol. The molecular weight excluding hydrogens is 160 g/mol. The predicted octanol–water partition coefficient (Wildman–Crippen LogP) is 2.95. The van der Waals surface area contributed by atoms with Crippen molar-refractivity contribution >= 4 is 0 Å². The predicted molar refractivity (Wildman–Crippen MR) is 55.8 cm³/mol. The van der Waals surface area contributed by atoms with E-state index in [2.05, 4.69) is 19.1 Å². The molecule has 0 radical (unpaired) electrons. The van der Waals surface area contributed by atoms with Gasteiger partial charge < -0.3 is 5.11 Å². The van der Waals surface area contributed by atoms with Gasteiger partial charge in [0.2, 0.25) is 0 Å². The van der Waals surface area contributed by atoms with Gasteiger partial charge in [0.1, 0.15) is 0 Å². The summed E-state index contributed by atoms with van der Waals surface area (Å²) in [4.78, 5) is 0. The number of aliphatic hydroxyl groups excluding tert-OH is 1. The molecule has 0 aromatic heterocycles. The third kappa shape index (κ3) is 2.85. The molecule has 0 amide bonds. The molecule has 1 nitrogen and oxygen atoms in total. The van der Waals surface area contributed by atoms with Gasteiger partial charge in [0.25, 0.3) is 0 Å². The van der Waals surface area contributed by atoms with E-state index >= 15 is 0 Å². The van der Waals surface area contributed by atoms with Crippen LogP contribution in [0.4, 0.5) is 0 Å². The number of rotatable bonds is 4. The molecule has 2 unspecified atom stereocenters. The smallest absolute Gasteiger partial charge is 0.0580 e. The molecule has 1 N–H and O–H groups in total. The summed E-state index contributed by atoms with van der Waals surface area (Å²) in [6.07, 6.45) is 1.92. The van der Waals surface area contributed by atoms with Gasteiger partial charge in [-0.25, -0.2) is 0 Å². The van der Waals surface area contributed by atoms with Gasteiger partial charge in [-0.2, -0.15) is 0 Å². The topological polar surface area (TPSA) is 20.2 Å². The first kappa shape index (κ1) is 10.3. The highest BCUT2D eigenvalue weighted by molar-refractivity contribution is 5.20. The molecule has 72 valence electrons. The maximum absolute atomic E-state index is 9.60. The van der Waals surface area contributed by atoms with E-state index in [-0.39, 0.29) is 6.10 Å². The van der Waals surface area contributed by atoms with Crippen LogP contribution in [0.1, 0.15) is 38.2 Å². The Morgan fingerprint density at radius 3 is 2.31 bits per heavy atom. The van der Waals surface area contributed by atoms with Crippen LogP contribution < -0.4 is 0 Å². The minimum atomic E-state index is -0.248. The fraction of sp³-hybridized carbons (Fsp3) is 0.500. The standard InChI is InChI=1S/C12H18O/c1-3-7-12(10(2)13)11-8-5-4-6-9-11/h4-6,8-10,12-13H,3,7H2,1-2H3. The Balaban J connectivity index is 2.76. The first-order valence-corrected chi connectivity index (χ1v) is 4.98. The summed E-state index contributed by atoms with van der Waals surface area (Å²) in [5.74, 6) is 0.297. The third-order valence-corrected chi connectivity index (χ3v) is 2.41. The van der Waals surface area contributed by atoms with Crippen LogP contribution >= 0.6 is 0 Å². The van der Waals surface area contributed by atoms with Crippen molar-refractivity contribution in [3.63, 3.8) is 0 Å². The van der Waals surface area contributed by atoms with Gasteiger partial charge in [-0.15, -0.1) is 0 Å². The Bertz CT molecular complexity index is 228. The van der Waals surface area contributed by atoms with Crippen molar-refractivity contribution < 1.29 is 5.11 Å². The lowest BCUT2D eigenvalue weighted by Gasteiger charge is -2.19. The Morgan fingerprint density at radius 1 is 1.23 bits per heavy atom. The maximum Gasteiger partial charge on any atom is 0.0580 e. The molecule has 13 heavy (non-hydrogen) atoms. The van der Waals surface area contributed by atoms with Crippen LogP contribution in [0, 0.1) is 0 Å². The molecule has 0 aliphatic carbocycles. The van der Waals surface area contributed by atoms with Gasteiger partial charge in [0.05, 0.1) is 6.10 Å². The molecule has 1 heteroatoms. The van der Waals surface area contributed by atoms with E-state index in [1.165, 1.54) is 5.56 Å². The summed E-state index contributed by atoms with van der Waals surface area (Å²) in [5, 5.41) is 9.60. The first-order chi connectivity index (χ1) is 6.25. The highest BCUT2D eigenvalue weighted by Crippen LogP contribution is 2.24. The second kappa shape index (κ2) is 5.03. The van der Waals surface area contributed by atoms with Gasteiger partial charge in [-0.05, 0) is 18.9 Å². The molecular formula is C12H18O. The van der Waals surface area contributed by atoms with Crippen LogP contribution in [0.3, 0.4) is 0 Å². The minimum Gasteiger partial charge on any atom is -0.393 e. The van der Waals surface area contributed by atoms with Gasteiger partial charge in [-0.3, -0.25) is 0 Å². The van der Waals surface area contributed by atoms with Crippen molar-refractivity contribution in [2.45, 2.75) is 38.7 Å². The molecule has 0 heterocycles. The molecule has 0 saturated carbocycles. The maximum atomic E-state index is 9.60. The zero-order valence-electron chi connectivity index (χ0n) is 8.40. The summed E-state index contributed by atoms with van der Waals surface area (Å²) in [6.45, 7) is 4.02. The largest absolute Gasteiger partial charge is 0.393 e. The van der Waals surface area contributed by atoms with E-state index in [0.29, 0.717) is 5.92 Å². The molecule has 0 spiro atoms. The van der Waals surface area contributed by atoms with Gasteiger partial charge in [-0.1, -0.05) is 43.7 Å². The van der Waals surface area contributed by atoms with E-state index < -0.39 is 0 Å². The zero-order chi connectivity index (χ0) is 9.68. The highest BCUT2D eigenvalue weighted by Gasteiger charge is 2.15. The Morgan fingerprint density at radius 2 is 1.85 bits per heavy atom. The van der Waals surface area contributed by atoms with Gasteiger partial charge in [0, 0.05) is 5.92 Å².